The number of nitrogens with zero attached hydrogens (tertiary/aromatic N) is 3. The van der Waals surface area contributed by atoms with Gasteiger partial charge in [-0.05, 0) is 25.1 Å². The van der Waals surface area contributed by atoms with Crippen molar-refractivity contribution in [2.75, 3.05) is 11.1 Å². The minimum atomic E-state index is -0.474. The minimum Gasteiger partial charge on any atom is -0.469 e. The van der Waals surface area contributed by atoms with Crippen molar-refractivity contribution in [3.05, 3.63) is 60.8 Å². The molecular weight excluding hydrogens is 355 g/mol. The number of aromatic nitrogens is 3. The number of carbonyl (C=O) groups is 1. The lowest BCUT2D eigenvalue weighted by molar-refractivity contribution is -0.113. The lowest BCUT2D eigenvalue weighted by atomic mass is 10.2. The van der Waals surface area contributed by atoms with Crippen molar-refractivity contribution in [2.45, 2.75) is 18.6 Å². The molecule has 8 heteroatoms. The van der Waals surface area contributed by atoms with E-state index < -0.39 is 5.82 Å². The summed E-state index contributed by atoms with van der Waals surface area (Å²) in [7, 11) is 0. The number of aryl methyl sites for hydroxylation is 1. The quantitative estimate of drug-likeness (QED) is 0.503. The topological polar surface area (TPSA) is 73.0 Å². The summed E-state index contributed by atoms with van der Waals surface area (Å²) in [5.74, 6) is 0.658. The number of rotatable bonds is 7. The number of hydrogen-bond donors (Lipinski definition) is 1. The van der Waals surface area contributed by atoms with Crippen LogP contribution in [0, 0.1) is 12.7 Å². The van der Waals surface area contributed by atoms with Crippen molar-refractivity contribution in [1.82, 2.24) is 14.8 Å². The van der Waals surface area contributed by atoms with Crippen molar-refractivity contribution < 1.29 is 13.6 Å². The Kier molecular flexibility index (Phi) is 5.52. The third kappa shape index (κ3) is 3.85. The maximum atomic E-state index is 13.6. The van der Waals surface area contributed by atoms with E-state index in [1.807, 2.05) is 17.6 Å². The molecule has 2 aromatic heterocycles. The Bertz CT molecular complexity index is 935. The summed E-state index contributed by atoms with van der Waals surface area (Å²) in [5, 5.41) is 11.5. The monoisotopic (exact) mass is 372 g/mol. The molecule has 0 unspecified atom stereocenters. The third-order valence-corrected chi connectivity index (χ3v) is 4.58. The number of allylic oxidation sites excluding steroid dienone is 1. The van der Waals surface area contributed by atoms with Gasteiger partial charge in [0, 0.05) is 6.54 Å². The van der Waals surface area contributed by atoms with E-state index in [2.05, 4.69) is 22.1 Å². The van der Waals surface area contributed by atoms with Crippen LogP contribution in [0.4, 0.5) is 10.1 Å². The van der Waals surface area contributed by atoms with Crippen molar-refractivity contribution in [3.8, 4) is 11.4 Å². The van der Waals surface area contributed by atoms with Gasteiger partial charge in [-0.3, -0.25) is 9.36 Å². The molecule has 3 rings (SSSR count). The van der Waals surface area contributed by atoms with Crippen LogP contribution >= 0.6 is 11.8 Å². The zero-order chi connectivity index (χ0) is 18.5. The van der Waals surface area contributed by atoms with Gasteiger partial charge in [-0.25, -0.2) is 4.39 Å². The molecule has 0 saturated heterocycles. The Morgan fingerprint density at radius 1 is 1.38 bits per heavy atom. The van der Waals surface area contributed by atoms with Gasteiger partial charge >= 0.3 is 0 Å². The highest BCUT2D eigenvalue weighted by Crippen LogP contribution is 2.27. The van der Waals surface area contributed by atoms with Gasteiger partial charge in [0.15, 0.2) is 11.0 Å². The average Bonchev–Trinajstić information content (AvgIpc) is 3.21. The number of carbonyl (C=O) groups excluding carboxylic acids is 1. The highest BCUT2D eigenvalue weighted by molar-refractivity contribution is 7.99. The van der Waals surface area contributed by atoms with Crippen LogP contribution in [0.5, 0.6) is 0 Å². The molecule has 0 spiro atoms. The Labute approximate surface area is 154 Å². The number of amides is 1. The normalized spacial score (nSPS) is 10.7. The molecule has 1 amide bonds. The summed E-state index contributed by atoms with van der Waals surface area (Å²) in [6.07, 6.45) is 3.32. The summed E-state index contributed by atoms with van der Waals surface area (Å²) in [6, 6.07) is 7.85. The van der Waals surface area contributed by atoms with Gasteiger partial charge in [0.2, 0.25) is 5.91 Å². The van der Waals surface area contributed by atoms with E-state index in [0.717, 1.165) is 11.3 Å². The molecule has 0 aliphatic rings. The first-order valence-electron chi connectivity index (χ1n) is 7.86. The molecule has 0 atom stereocenters. The van der Waals surface area contributed by atoms with Crippen LogP contribution in [0.25, 0.3) is 11.4 Å². The number of furan rings is 1. The van der Waals surface area contributed by atoms with Gasteiger partial charge < -0.3 is 9.73 Å². The fourth-order valence-corrected chi connectivity index (χ4v) is 3.13. The fourth-order valence-electron chi connectivity index (χ4n) is 2.38. The van der Waals surface area contributed by atoms with E-state index in [0.29, 0.717) is 17.5 Å². The van der Waals surface area contributed by atoms with Crippen molar-refractivity contribution in [2.24, 2.45) is 0 Å². The number of hydrogen-bond acceptors (Lipinski definition) is 5. The number of thioether (sulfide) groups is 1. The molecule has 1 aromatic carbocycles. The van der Waals surface area contributed by atoms with E-state index in [9.17, 15) is 9.18 Å². The molecule has 6 nitrogen and oxygen atoms in total. The molecule has 1 N–H and O–H groups in total. The first kappa shape index (κ1) is 17.9. The largest absolute Gasteiger partial charge is 0.469 e. The maximum Gasteiger partial charge on any atom is 0.234 e. The highest BCUT2D eigenvalue weighted by Gasteiger charge is 2.17. The molecule has 0 aliphatic carbocycles. The van der Waals surface area contributed by atoms with E-state index in [1.54, 1.807) is 24.5 Å². The van der Waals surface area contributed by atoms with Gasteiger partial charge in [-0.15, -0.1) is 16.8 Å². The second kappa shape index (κ2) is 8.01. The van der Waals surface area contributed by atoms with Crippen LogP contribution in [-0.4, -0.2) is 26.4 Å². The zero-order valence-corrected chi connectivity index (χ0v) is 14.9. The first-order chi connectivity index (χ1) is 12.6. The molecule has 0 saturated carbocycles. The predicted molar refractivity (Wildman–Crippen MR) is 98.4 cm³/mol. The number of anilines is 1. The van der Waals surface area contributed by atoms with Gasteiger partial charge in [0.05, 0.1) is 23.3 Å². The maximum absolute atomic E-state index is 13.6. The summed E-state index contributed by atoms with van der Waals surface area (Å²) in [6.45, 7) is 6.09. The first-order valence-corrected chi connectivity index (χ1v) is 8.84. The number of nitrogens with one attached hydrogen (secondary N) is 1. The molecule has 3 aromatic rings. The molecule has 0 aliphatic heterocycles. The number of para-hydroxylation sites is 1. The van der Waals surface area contributed by atoms with E-state index in [-0.39, 0.29) is 17.3 Å². The molecule has 134 valence electrons. The van der Waals surface area contributed by atoms with Crippen molar-refractivity contribution >= 4 is 23.4 Å². The SMILES string of the molecule is C=CCn1c(SCC(=O)Nc2ccccc2F)nnc1-c1ccoc1C. The van der Waals surface area contributed by atoms with Gasteiger partial charge in [-0.2, -0.15) is 0 Å². The highest BCUT2D eigenvalue weighted by atomic mass is 32.2. The van der Waals surface area contributed by atoms with Gasteiger partial charge in [0.1, 0.15) is 11.6 Å². The number of halogens is 1. The standard InChI is InChI=1S/C18H17FN4O2S/c1-3-9-23-17(13-8-10-25-12(13)2)21-22-18(23)26-11-16(24)20-15-7-5-4-6-14(15)19/h3-8,10H,1,9,11H2,2H3,(H,20,24). The summed E-state index contributed by atoms with van der Waals surface area (Å²) >= 11 is 1.22. The molecule has 0 fully saturated rings. The summed E-state index contributed by atoms with van der Waals surface area (Å²) in [4.78, 5) is 12.1. The van der Waals surface area contributed by atoms with E-state index in [4.69, 9.17) is 4.42 Å². The predicted octanol–water partition coefficient (Wildman–Crippen LogP) is 3.90. The minimum absolute atomic E-state index is 0.0774. The molecular formula is C18H17FN4O2S. The second-order valence-corrected chi connectivity index (χ2v) is 6.36. The molecule has 2 heterocycles. The summed E-state index contributed by atoms with van der Waals surface area (Å²) in [5.41, 5.74) is 0.988. The number of benzene rings is 1. The molecule has 0 bridgehead atoms. The van der Waals surface area contributed by atoms with Crippen LogP contribution in [0.1, 0.15) is 5.76 Å². The Morgan fingerprint density at radius 3 is 2.88 bits per heavy atom. The van der Waals surface area contributed by atoms with Crippen LogP contribution < -0.4 is 5.32 Å². The van der Waals surface area contributed by atoms with Crippen molar-refractivity contribution in [1.29, 1.82) is 0 Å². The van der Waals surface area contributed by atoms with Gasteiger partial charge in [0.25, 0.3) is 0 Å². The van der Waals surface area contributed by atoms with E-state index >= 15 is 0 Å². The van der Waals surface area contributed by atoms with Crippen LogP contribution in [0.15, 0.2) is 58.8 Å². The molecule has 26 heavy (non-hydrogen) atoms. The summed E-state index contributed by atoms with van der Waals surface area (Å²) < 4.78 is 20.8. The Morgan fingerprint density at radius 2 is 2.19 bits per heavy atom. The Hall–Kier alpha value is -2.87. The lowest BCUT2D eigenvalue weighted by Crippen LogP contribution is -2.15. The smallest absolute Gasteiger partial charge is 0.234 e. The van der Waals surface area contributed by atoms with Crippen LogP contribution in [0.2, 0.25) is 0 Å². The second-order valence-electron chi connectivity index (χ2n) is 5.41. The van der Waals surface area contributed by atoms with Crippen molar-refractivity contribution in [3.63, 3.8) is 0 Å². The van der Waals surface area contributed by atoms with E-state index in [1.165, 1.54) is 23.9 Å². The lowest BCUT2D eigenvalue weighted by Gasteiger charge is -2.08. The zero-order valence-electron chi connectivity index (χ0n) is 14.1. The Balaban J connectivity index is 1.73. The van der Waals surface area contributed by atoms with Crippen LogP contribution in [0.3, 0.4) is 0 Å². The third-order valence-electron chi connectivity index (χ3n) is 3.61. The van der Waals surface area contributed by atoms with Gasteiger partial charge in [-0.1, -0.05) is 30.0 Å². The fraction of sp³-hybridized carbons (Fsp3) is 0.167. The average molecular weight is 372 g/mol. The molecule has 0 radical (unpaired) electrons. The van der Waals surface area contributed by atoms with Crippen LogP contribution in [-0.2, 0) is 11.3 Å².